The zero-order chi connectivity index (χ0) is 23.3. The lowest BCUT2D eigenvalue weighted by Gasteiger charge is -2.26. The summed E-state index contributed by atoms with van der Waals surface area (Å²) in [5.41, 5.74) is 0.982. The molecule has 1 saturated heterocycles. The van der Waals surface area contributed by atoms with E-state index in [1.807, 2.05) is 54.6 Å². The number of fused-ring (bicyclic) bond motifs is 1. The Morgan fingerprint density at radius 2 is 1.62 bits per heavy atom. The molecular weight excluding hydrogens is 450 g/mol. The highest BCUT2D eigenvalue weighted by Crippen LogP contribution is 2.47. The summed E-state index contributed by atoms with van der Waals surface area (Å²) in [5.74, 6) is 3.37. The minimum atomic E-state index is 0.234. The second kappa shape index (κ2) is 10.3. The summed E-state index contributed by atoms with van der Waals surface area (Å²) in [6.07, 6.45) is 0. The molecule has 1 aliphatic heterocycles. The number of phenols is 1. The van der Waals surface area contributed by atoms with Crippen molar-refractivity contribution in [1.82, 2.24) is 4.90 Å². The van der Waals surface area contributed by atoms with Crippen LogP contribution in [0.3, 0.4) is 0 Å². The maximum Gasteiger partial charge on any atom is 0.153 e. The smallest absolute Gasteiger partial charge is 0.153 e. The van der Waals surface area contributed by atoms with Gasteiger partial charge in [0.25, 0.3) is 0 Å². The van der Waals surface area contributed by atoms with E-state index in [4.69, 9.17) is 18.9 Å². The summed E-state index contributed by atoms with van der Waals surface area (Å²) < 4.78 is 24.2. The van der Waals surface area contributed by atoms with E-state index in [0.29, 0.717) is 6.61 Å². The Hall–Kier alpha value is -3.26. The number of nitrogens with zero attached hydrogens (tertiary/aromatic N) is 1. The zero-order valence-corrected chi connectivity index (χ0v) is 19.8. The molecule has 1 N–H and O–H groups in total. The fraction of sp³-hybridized carbons (Fsp3) is 0.259. The van der Waals surface area contributed by atoms with Crippen molar-refractivity contribution in [1.29, 1.82) is 0 Å². The average molecular weight is 478 g/mol. The van der Waals surface area contributed by atoms with Crippen molar-refractivity contribution >= 4 is 21.4 Å². The van der Waals surface area contributed by atoms with Crippen LogP contribution in [0.25, 0.3) is 20.5 Å². The van der Waals surface area contributed by atoms with Gasteiger partial charge >= 0.3 is 0 Å². The van der Waals surface area contributed by atoms with Crippen LogP contribution in [0.5, 0.6) is 28.7 Å². The third-order valence-corrected chi connectivity index (χ3v) is 6.99. The molecule has 5 rings (SSSR count). The number of morpholine rings is 1. The lowest BCUT2D eigenvalue weighted by atomic mass is 10.1. The average Bonchev–Trinajstić information content (AvgIpc) is 3.23. The Morgan fingerprint density at radius 1 is 0.912 bits per heavy atom. The molecule has 1 aliphatic rings. The predicted octanol–water partition coefficient (Wildman–Crippen LogP) is 5.79. The first kappa shape index (κ1) is 22.5. The minimum Gasteiger partial charge on any atom is -0.508 e. The van der Waals surface area contributed by atoms with Gasteiger partial charge in [-0.2, -0.15) is 0 Å². The standard InChI is InChI=1S/C27H27NO5S/c1-30-23-10-11-24-25(18-23)34-27(19-2-4-20(29)5-3-19)26(24)33-22-8-6-21(7-9-22)32-17-14-28-12-15-31-16-13-28/h2-11,18,29H,12-17H2,1H3. The van der Waals surface area contributed by atoms with Crippen LogP contribution >= 0.6 is 11.3 Å². The largest absolute Gasteiger partial charge is 0.508 e. The summed E-state index contributed by atoms with van der Waals surface area (Å²) in [6.45, 7) is 5.04. The number of rotatable bonds is 8. The van der Waals surface area contributed by atoms with Crippen molar-refractivity contribution in [3.8, 4) is 39.2 Å². The van der Waals surface area contributed by atoms with Gasteiger partial charge in [-0.3, -0.25) is 4.90 Å². The molecule has 1 fully saturated rings. The molecule has 176 valence electrons. The Balaban J connectivity index is 1.35. The normalized spacial score (nSPS) is 14.3. The molecule has 0 amide bonds. The van der Waals surface area contributed by atoms with Crippen LogP contribution in [0.2, 0.25) is 0 Å². The van der Waals surface area contributed by atoms with Crippen LogP contribution in [0, 0.1) is 0 Å². The fourth-order valence-corrected chi connectivity index (χ4v) is 5.09. The SMILES string of the molecule is COc1ccc2c(Oc3ccc(OCCN4CCOCC4)cc3)c(-c3ccc(O)cc3)sc2c1. The first-order valence-corrected chi connectivity index (χ1v) is 12.1. The number of thiophene rings is 1. The minimum absolute atomic E-state index is 0.234. The molecule has 6 nitrogen and oxygen atoms in total. The molecule has 1 aromatic heterocycles. The lowest BCUT2D eigenvalue weighted by Crippen LogP contribution is -2.38. The van der Waals surface area contributed by atoms with Crippen molar-refractivity contribution in [3.63, 3.8) is 0 Å². The number of methoxy groups -OCH3 is 1. The summed E-state index contributed by atoms with van der Waals surface area (Å²) in [4.78, 5) is 3.34. The highest BCUT2D eigenvalue weighted by Gasteiger charge is 2.17. The van der Waals surface area contributed by atoms with E-state index in [2.05, 4.69) is 4.90 Å². The van der Waals surface area contributed by atoms with Gasteiger partial charge in [-0.05, 0) is 72.3 Å². The quantitative estimate of drug-likeness (QED) is 0.347. The van der Waals surface area contributed by atoms with Crippen LogP contribution in [0.1, 0.15) is 0 Å². The molecule has 2 heterocycles. The highest BCUT2D eigenvalue weighted by molar-refractivity contribution is 7.22. The molecule has 4 aromatic rings. The molecule has 0 radical (unpaired) electrons. The first-order valence-electron chi connectivity index (χ1n) is 11.3. The van der Waals surface area contributed by atoms with E-state index in [-0.39, 0.29) is 5.75 Å². The Bertz CT molecular complexity index is 1230. The summed E-state index contributed by atoms with van der Waals surface area (Å²) in [5, 5.41) is 10.7. The van der Waals surface area contributed by atoms with Crippen LogP contribution in [0.15, 0.2) is 66.7 Å². The molecule has 0 aliphatic carbocycles. The van der Waals surface area contributed by atoms with Crippen LogP contribution in [0.4, 0.5) is 0 Å². The van der Waals surface area contributed by atoms with Crippen LogP contribution in [-0.4, -0.2) is 56.6 Å². The van der Waals surface area contributed by atoms with E-state index in [1.54, 1.807) is 30.6 Å². The summed E-state index contributed by atoms with van der Waals surface area (Å²) >= 11 is 1.63. The first-order chi connectivity index (χ1) is 16.7. The van der Waals surface area contributed by atoms with Crippen molar-refractivity contribution in [2.24, 2.45) is 0 Å². The number of aromatic hydroxyl groups is 1. The number of hydrogen-bond donors (Lipinski definition) is 1. The van der Waals surface area contributed by atoms with Gasteiger partial charge in [0, 0.05) is 29.7 Å². The molecule has 0 atom stereocenters. The number of ether oxygens (including phenoxy) is 4. The van der Waals surface area contributed by atoms with Crippen LogP contribution < -0.4 is 14.2 Å². The van der Waals surface area contributed by atoms with Gasteiger partial charge in [0.05, 0.1) is 25.2 Å². The summed E-state index contributed by atoms with van der Waals surface area (Å²) in [6, 6.07) is 20.9. The third kappa shape index (κ3) is 5.12. The maximum atomic E-state index is 9.71. The van der Waals surface area contributed by atoms with Gasteiger partial charge in [-0.25, -0.2) is 0 Å². The Labute approximate surface area is 202 Å². The second-order valence-electron chi connectivity index (χ2n) is 8.05. The molecule has 0 spiro atoms. The Kier molecular flexibility index (Phi) is 6.85. The molecule has 7 heteroatoms. The van der Waals surface area contributed by atoms with E-state index >= 15 is 0 Å². The van der Waals surface area contributed by atoms with E-state index in [1.165, 1.54) is 0 Å². The molecule has 0 bridgehead atoms. The molecule has 0 saturated carbocycles. The third-order valence-electron chi connectivity index (χ3n) is 5.80. The monoisotopic (exact) mass is 477 g/mol. The highest BCUT2D eigenvalue weighted by atomic mass is 32.1. The van der Waals surface area contributed by atoms with Crippen molar-refractivity contribution < 1.29 is 24.1 Å². The zero-order valence-electron chi connectivity index (χ0n) is 19.0. The predicted molar refractivity (Wildman–Crippen MR) is 135 cm³/mol. The molecular formula is C27H27NO5S. The van der Waals surface area contributed by atoms with Gasteiger partial charge in [-0.1, -0.05) is 0 Å². The maximum absolute atomic E-state index is 9.71. The van der Waals surface area contributed by atoms with Crippen molar-refractivity contribution in [2.45, 2.75) is 0 Å². The number of phenolic OH excluding ortho intramolecular Hbond substituents is 1. The number of benzene rings is 3. The van der Waals surface area contributed by atoms with Gasteiger partial charge in [-0.15, -0.1) is 11.3 Å². The van der Waals surface area contributed by atoms with Gasteiger partial charge < -0.3 is 24.1 Å². The molecule has 3 aromatic carbocycles. The number of hydrogen-bond acceptors (Lipinski definition) is 7. The topological polar surface area (TPSA) is 60.4 Å². The fourth-order valence-electron chi connectivity index (χ4n) is 3.92. The van der Waals surface area contributed by atoms with Gasteiger partial charge in [0.2, 0.25) is 0 Å². The Morgan fingerprint density at radius 3 is 2.35 bits per heavy atom. The van der Waals surface area contributed by atoms with Gasteiger partial charge in [0.15, 0.2) is 5.75 Å². The van der Waals surface area contributed by atoms with E-state index in [9.17, 15) is 5.11 Å². The lowest BCUT2D eigenvalue weighted by molar-refractivity contribution is 0.0322. The van der Waals surface area contributed by atoms with Gasteiger partial charge in [0.1, 0.15) is 29.6 Å². The van der Waals surface area contributed by atoms with Crippen molar-refractivity contribution in [2.75, 3.05) is 46.6 Å². The van der Waals surface area contributed by atoms with E-state index in [0.717, 1.165) is 76.4 Å². The second-order valence-corrected chi connectivity index (χ2v) is 9.10. The molecule has 0 unspecified atom stereocenters. The summed E-state index contributed by atoms with van der Waals surface area (Å²) in [7, 11) is 1.66. The molecule has 34 heavy (non-hydrogen) atoms. The van der Waals surface area contributed by atoms with E-state index < -0.39 is 0 Å². The van der Waals surface area contributed by atoms with Crippen LogP contribution in [-0.2, 0) is 4.74 Å². The van der Waals surface area contributed by atoms with Crippen molar-refractivity contribution in [3.05, 3.63) is 66.7 Å².